The molecule has 1 fully saturated rings. The number of aromatic carboxylic acids is 1. The number of rotatable bonds is 5. The Morgan fingerprint density at radius 2 is 1.90 bits per heavy atom. The molecule has 8 nitrogen and oxygen atoms in total. The highest BCUT2D eigenvalue weighted by molar-refractivity contribution is 5.87. The first-order chi connectivity index (χ1) is 14.6. The van der Waals surface area contributed by atoms with Gasteiger partial charge in [-0.1, -0.05) is 18.1 Å². The first kappa shape index (κ1) is 19.7. The predicted octanol–water partition coefficient (Wildman–Crippen LogP) is 2.35. The summed E-state index contributed by atoms with van der Waals surface area (Å²) >= 11 is 0. The summed E-state index contributed by atoms with van der Waals surface area (Å²) in [5.74, 6) is 5.75. The van der Waals surface area contributed by atoms with Crippen LogP contribution in [0.2, 0.25) is 0 Å². The van der Waals surface area contributed by atoms with E-state index in [2.05, 4.69) is 21.8 Å². The fraction of sp³-hybridized carbons (Fsp3) is 0.364. The lowest BCUT2D eigenvalue weighted by Gasteiger charge is -2.27. The number of anilines is 1. The van der Waals surface area contributed by atoms with Crippen LogP contribution in [0.4, 0.5) is 5.95 Å². The van der Waals surface area contributed by atoms with Crippen molar-refractivity contribution in [2.45, 2.75) is 39.3 Å². The number of carboxylic acids is 1. The summed E-state index contributed by atoms with van der Waals surface area (Å²) in [6.07, 6.45) is 5.04. The van der Waals surface area contributed by atoms with Crippen LogP contribution in [0.25, 0.3) is 11.0 Å². The molecular weight excluding hydrogens is 382 g/mol. The third kappa shape index (κ3) is 3.79. The van der Waals surface area contributed by atoms with Crippen LogP contribution in [0.5, 0.6) is 0 Å². The first-order valence-electron chi connectivity index (χ1n) is 10.0. The number of carboxylic acid groups (broad SMARTS) is 1. The molecule has 4 rings (SSSR count). The van der Waals surface area contributed by atoms with Gasteiger partial charge < -0.3 is 10.0 Å². The van der Waals surface area contributed by atoms with Crippen LogP contribution in [-0.4, -0.2) is 43.5 Å². The summed E-state index contributed by atoms with van der Waals surface area (Å²) in [7, 11) is 0. The van der Waals surface area contributed by atoms with Crippen LogP contribution in [0.15, 0.2) is 35.3 Å². The quantitative estimate of drug-likeness (QED) is 0.655. The van der Waals surface area contributed by atoms with E-state index in [1.165, 1.54) is 23.2 Å². The van der Waals surface area contributed by atoms with Gasteiger partial charge in [0.15, 0.2) is 0 Å². The molecule has 0 unspecified atom stereocenters. The Bertz CT molecular complexity index is 1190. The molecule has 1 aliphatic heterocycles. The molecular formula is C22H23N5O3. The summed E-state index contributed by atoms with van der Waals surface area (Å²) in [6, 6.07) is 6.44. The lowest BCUT2D eigenvalue weighted by atomic mass is 10.1. The topological polar surface area (TPSA) is 93.2 Å². The molecule has 1 aliphatic rings. The van der Waals surface area contributed by atoms with Crippen LogP contribution < -0.4 is 10.5 Å². The van der Waals surface area contributed by atoms with E-state index >= 15 is 0 Å². The van der Waals surface area contributed by atoms with Gasteiger partial charge in [0.05, 0.1) is 24.8 Å². The Balaban J connectivity index is 1.75. The van der Waals surface area contributed by atoms with E-state index < -0.39 is 5.97 Å². The average molecular weight is 405 g/mol. The largest absolute Gasteiger partial charge is 0.478 e. The predicted molar refractivity (Wildman–Crippen MR) is 114 cm³/mol. The van der Waals surface area contributed by atoms with Crippen molar-refractivity contribution in [2.75, 3.05) is 18.0 Å². The highest BCUT2D eigenvalue weighted by Gasteiger charge is 2.21. The maximum absolute atomic E-state index is 13.3. The molecule has 0 radical (unpaired) electrons. The number of nitrogens with zero attached hydrogens (tertiary/aromatic N) is 5. The van der Waals surface area contributed by atoms with E-state index in [-0.39, 0.29) is 17.7 Å². The Hall–Kier alpha value is -3.60. The van der Waals surface area contributed by atoms with Gasteiger partial charge in [0.2, 0.25) is 5.95 Å². The van der Waals surface area contributed by atoms with Gasteiger partial charge in [-0.3, -0.25) is 9.36 Å². The van der Waals surface area contributed by atoms with Crippen molar-refractivity contribution in [1.29, 1.82) is 0 Å². The summed E-state index contributed by atoms with van der Waals surface area (Å²) in [6.45, 7) is 4.25. The van der Waals surface area contributed by atoms with Gasteiger partial charge in [0.1, 0.15) is 11.0 Å². The molecule has 2 aromatic heterocycles. The summed E-state index contributed by atoms with van der Waals surface area (Å²) < 4.78 is 3.28. The zero-order valence-corrected chi connectivity index (χ0v) is 16.8. The van der Waals surface area contributed by atoms with Crippen LogP contribution in [-0.2, 0) is 13.1 Å². The van der Waals surface area contributed by atoms with Crippen molar-refractivity contribution in [3.8, 4) is 11.8 Å². The normalized spacial score (nSPS) is 13.8. The Morgan fingerprint density at radius 3 is 2.57 bits per heavy atom. The van der Waals surface area contributed by atoms with Gasteiger partial charge >= 0.3 is 5.97 Å². The van der Waals surface area contributed by atoms with Gasteiger partial charge in [-0.25, -0.2) is 14.5 Å². The number of imidazole rings is 1. The molecule has 1 aromatic carbocycles. The van der Waals surface area contributed by atoms with Crippen LogP contribution in [0, 0.1) is 11.8 Å². The van der Waals surface area contributed by atoms with Gasteiger partial charge in [-0.15, -0.1) is 5.92 Å². The Labute approximate surface area is 173 Å². The van der Waals surface area contributed by atoms with Crippen molar-refractivity contribution in [3.05, 3.63) is 51.9 Å². The molecule has 1 N–H and O–H groups in total. The fourth-order valence-corrected chi connectivity index (χ4v) is 3.75. The highest BCUT2D eigenvalue weighted by Crippen LogP contribution is 2.23. The molecule has 154 valence electrons. The smallest absolute Gasteiger partial charge is 0.335 e. The molecule has 0 atom stereocenters. The molecule has 0 saturated carbocycles. The van der Waals surface area contributed by atoms with Gasteiger partial charge in [0.25, 0.3) is 5.56 Å². The number of carbonyl (C=O) groups is 1. The van der Waals surface area contributed by atoms with E-state index in [0.29, 0.717) is 17.6 Å². The Morgan fingerprint density at radius 1 is 1.17 bits per heavy atom. The van der Waals surface area contributed by atoms with Gasteiger partial charge in [-0.05, 0) is 43.9 Å². The molecule has 0 aliphatic carbocycles. The average Bonchev–Trinajstić information content (AvgIpc) is 3.14. The molecule has 3 aromatic rings. The van der Waals surface area contributed by atoms with Crippen molar-refractivity contribution >= 4 is 23.0 Å². The van der Waals surface area contributed by atoms with Crippen molar-refractivity contribution in [1.82, 2.24) is 19.3 Å². The number of hydrogen-bond acceptors (Lipinski definition) is 5. The highest BCUT2D eigenvalue weighted by atomic mass is 16.4. The van der Waals surface area contributed by atoms with E-state index in [1.54, 1.807) is 25.3 Å². The maximum Gasteiger partial charge on any atom is 0.335 e. The number of aromatic nitrogens is 4. The SMILES string of the molecule is CC#CCn1c(N2CCCCC2)nc2cnn(Cc3ccc(C(=O)O)cc3)c(=O)c21. The van der Waals surface area contributed by atoms with Gasteiger partial charge in [-0.2, -0.15) is 5.10 Å². The summed E-state index contributed by atoms with van der Waals surface area (Å²) in [5.41, 5.74) is 1.83. The minimum atomic E-state index is -0.982. The van der Waals surface area contributed by atoms with Gasteiger partial charge in [0, 0.05) is 13.1 Å². The molecule has 0 amide bonds. The maximum atomic E-state index is 13.3. The van der Waals surface area contributed by atoms with E-state index in [0.717, 1.165) is 37.4 Å². The fourth-order valence-electron chi connectivity index (χ4n) is 3.75. The van der Waals surface area contributed by atoms with Crippen LogP contribution in [0.1, 0.15) is 42.1 Å². The Kier molecular flexibility index (Phi) is 5.53. The lowest BCUT2D eigenvalue weighted by molar-refractivity contribution is 0.0697. The number of benzene rings is 1. The molecule has 1 saturated heterocycles. The second-order valence-corrected chi connectivity index (χ2v) is 7.32. The van der Waals surface area contributed by atoms with Crippen molar-refractivity contribution < 1.29 is 9.90 Å². The lowest BCUT2D eigenvalue weighted by Crippen LogP contribution is -2.32. The molecule has 0 spiro atoms. The van der Waals surface area contributed by atoms with Crippen molar-refractivity contribution in [2.24, 2.45) is 0 Å². The molecule has 3 heterocycles. The number of fused-ring (bicyclic) bond motifs is 1. The molecule has 0 bridgehead atoms. The third-order valence-electron chi connectivity index (χ3n) is 5.32. The minimum absolute atomic E-state index is 0.205. The second kappa shape index (κ2) is 8.41. The minimum Gasteiger partial charge on any atom is -0.478 e. The third-order valence-corrected chi connectivity index (χ3v) is 5.32. The molecule has 30 heavy (non-hydrogen) atoms. The van der Waals surface area contributed by atoms with E-state index in [1.807, 2.05) is 4.57 Å². The monoisotopic (exact) mass is 405 g/mol. The summed E-state index contributed by atoms with van der Waals surface area (Å²) in [4.78, 5) is 31.2. The van der Waals surface area contributed by atoms with E-state index in [9.17, 15) is 9.59 Å². The molecule has 8 heteroatoms. The number of hydrogen-bond donors (Lipinski definition) is 1. The van der Waals surface area contributed by atoms with Crippen molar-refractivity contribution in [3.63, 3.8) is 0 Å². The van der Waals surface area contributed by atoms with Crippen LogP contribution in [0.3, 0.4) is 0 Å². The standard InChI is InChI=1S/C22H23N5O3/c1-2-3-13-26-19-18(24-22(26)25-11-5-4-6-12-25)14-23-27(20(19)28)15-16-7-9-17(10-8-16)21(29)30/h7-10,14H,4-6,11-13,15H2,1H3,(H,29,30). The van der Waals surface area contributed by atoms with E-state index in [4.69, 9.17) is 10.1 Å². The summed E-state index contributed by atoms with van der Waals surface area (Å²) in [5, 5.41) is 13.3. The van der Waals surface area contributed by atoms with Crippen LogP contribution >= 0.6 is 0 Å². The second-order valence-electron chi connectivity index (χ2n) is 7.32. The zero-order chi connectivity index (χ0) is 21.1. The zero-order valence-electron chi connectivity index (χ0n) is 16.8. The first-order valence-corrected chi connectivity index (χ1v) is 10.0. The number of piperidine rings is 1.